The van der Waals surface area contributed by atoms with E-state index in [4.69, 9.17) is 10.5 Å². The van der Waals surface area contributed by atoms with Crippen molar-refractivity contribution in [2.45, 2.75) is 12.2 Å². The minimum Gasteiger partial charge on any atom is -0.379 e. The molecule has 1 aromatic rings. The van der Waals surface area contributed by atoms with Crippen molar-refractivity contribution in [3.63, 3.8) is 0 Å². The van der Waals surface area contributed by atoms with Crippen LogP contribution in [0.15, 0.2) is 12.4 Å². The number of carbonyl (C=O) groups is 1. The molecule has 0 aliphatic carbocycles. The molecule has 1 aliphatic rings. The maximum Gasteiger partial charge on any atom is 0.451 e. The molecular weight excluding hydrogens is 277 g/mol. The van der Waals surface area contributed by atoms with Crippen LogP contribution < -0.4 is 5.73 Å². The molecule has 1 atom stereocenters. The normalized spacial score (nSPS) is 18.8. The van der Waals surface area contributed by atoms with E-state index in [0.717, 1.165) is 12.4 Å². The standard InChI is InChI=1S/C11H13F3N4O2/c12-11(13,14)10-16-5-7(6-17-10)8(9(15)19)18-1-3-20-4-2-18/h5-6,8H,1-4H2,(H2,15,19)/t8-/m1/s1. The summed E-state index contributed by atoms with van der Waals surface area (Å²) in [7, 11) is 0. The zero-order valence-electron chi connectivity index (χ0n) is 10.4. The number of ether oxygens (including phenoxy) is 1. The number of nitrogens with two attached hydrogens (primary N) is 1. The van der Waals surface area contributed by atoms with Crippen molar-refractivity contribution in [2.75, 3.05) is 26.3 Å². The number of nitrogens with zero attached hydrogens (tertiary/aromatic N) is 3. The zero-order chi connectivity index (χ0) is 14.8. The molecule has 9 heteroatoms. The molecule has 0 bridgehead atoms. The van der Waals surface area contributed by atoms with Gasteiger partial charge >= 0.3 is 6.18 Å². The Hall–Kier alpha value is -1.74. The van der Waals surface area contributed by atoms with Crippen molar-refractivity contribution in [1.29, 1.82) is 0 Å². The van der Waals surface area contributed by atoms with Crippen molar-refractivity contribution in [3.05, 3.63) is 23.8 Å². The van der Waals surface area contributed by atoms with Gasteiger partial charge < -0.3 is 10.5 Å². The molecule has 1 saturated heterocycles. The van der Waals surface area contributed by atoms with Crippen molar-refractivity contribution in [2.24, 2.45) is 5.73 Å². The first-order chi connectivity index (χ1) is 9.39. The van der Waals surface area contributed by atoms with Gasteiger partial charge in [-0.2, -0.15) is 13.2 Å². The number of morpholine rings is 1. The van der Waals surface area contributed by atoms with E-state index in [2.05, 4.69) is 9.97 Å². The molecule has 0 radical (unpaired) electrons. The van der Waals surface area contributed by atoms with E-state index in [1.54, 1.807) is 4.90 Å². The van der Waals surface area contributed by atoms with Gasteiger partial charge in [-0.15, -0.1) is 0 Å². The molecule has 1 aliphatic heterocycles. The largest absolute Gasteiger partial charge is 0.451 e. The first-order valence-corrected chi connectivity index (χ1v) is 5.90. The molecule has 0 spiro atoms. The number of amides is 1. The van der Waals surface area contributed by atoms with Gasteiger partial charge in [0, 0.05) is 31.0 Å². The zero-order valence-corrected chi connectivity index (χ0v) is 10.4. The van der Waals surface area contributed by atoms with E-state index in [1.807, 2.05) is 0 Å². The summed E-state index contributed by atoms with van der Waals surface area (Å²) in [5, 5.41) is 0. The third-order valence-corrected chi connectivity index (χ3v) is 2.92. The Balaban J connectivity index is 2.23. The monoisotopic (exact) mass is 290 g/mol. The highest BCUT2D eigenvalue weighted by molar-refractivity contribution is 5.81. The summed E-state index contributed by atoms with van der Waals surface area (Å²) < 4.78 is 42.3. The number of hydrogen-bond acceptors (Lipinski definition) is 5. The van der Waals surface area contributed by atoms with Crippen molar-refractivity contribution < 1.29 is 22.7 Å². The number of alkyl halides is 3. The Kier molecular flexibility index (Phi) is 4.19. The Labute approximate surface area is 112 Å². The van der Waals surface area contributed by atoms with Crippen LogP contribution in [0, 0.1) is 0 Å². The van der Waals surface area contributed by atoms with Crippen molar-refractivity contribution >= 4 is 5.91 Å². The number of carbonyl (C=O) groups excluding carboxylic acids is 1. The lowest BCUT2D eigenvalue weighted by molar-refractivity contribution is -0.145. The van der Waals surface area contributed by atoms with Gasteiger partial charge in [-0.05, 0) is 0 Å². The minimum absolute atomic E-state index is 0.243. The quantitative estimate of drug-likeness (QED) is 0.869. The van der Waals surface area contributed by atoms with Gasteiger partial charge in [0.2, 0.25) is 11.7 Å². The van der Waals surface area contributed by atoms with Crippen LogP contribution in [-0.2, 0) is 15.7 Å². The summed E-state index contributed by atoms with van der Waals surface area (Å²) in [5.74, 6) is -1.90. The van der Waals surface area contributed by atoms with Crippen LogP contribution in [0.4, 0.5) is 13.2 Å². The maximum absolute atomic E-state index is 12.4. The van der Waals surface area contributed by atoms with Crippen LogP contribution in [0.1, 0.15) is 17.4 Å². The Morgan fingerprint density at radius 3 is 2.30 bits per heavy atom. The number of aromatic nitrogens is 2. The Morgan fingerprint density at radius 2 is 1.85 bits per heavy atom. The lowest BCUT2D eigenvalue weighted by Gasteiger charge is -2.32. The SMILES string of the molecule is NC(=O)[C@@H](c1cnc(C(F)(F)F)nc1)N1CCOCC1. The second-order valence-electron chi connectivity index (χ2n) is 4.29. The highest BCUT2D eigenvalue weighted by Gasteiger charge is 2.35. The fourth-order valence-corrected chi connectivity index (χ4v) is 2.02. The highest BCUT2D eigenvalue weighted by Crippen LogP contribution is 2.27. The molecule has 6 nitrogen and oxygen atoms in total. The maximum atomic E-state index is 12.4. The summed E-state index contributed by atoms with van der Waals surface area (Å²) in [5.41, 5.74) is 5.57. The van der Waals surface area contributed by atoms with Crippen LogP contribution in [0.25, 0.3) is 0 Å². The van der Waals surface area contributed by atoms with E-state index in [1.165, 1.54) is 0 Å². The van der Waals surface area contributed by atoms with Gasteiger partial charge in [0.15, 0.2) is 0 Å². The van der Waals surface area contributed by atoms with E-state index in [0.29, 0.717) is 26.3 Å². The predicted octanol–water partition coefficient (Wildman–Crippen LogP) is 0.354. The topological polar surface area (TPSA) is 81.3 Å². The lowest BCUT2D eigenvalue weighted by Crippen LogP contribution is -2.44. The van der Waals surface area contributed by atoms with E-state index in [9.17, 15) is 18.0 Å². The molecule has 0 aromatic carbocycles. The van der Waals surface area contributed by atoms with Crippen LogP contribution in [0.2, 0.25) is 0 Å². The lowest BCUT2D eigenvalue weighted by atomic mass is 10.1. The first-order valence-electron chi connectivity index (χ1n) is 5.90. The second-order valence-corrected chi connectivity index (χ2v) is 4.29. The molecule has 1 amide bonds. The molecule has 0 saturated carbocycles. The van der Waals surface area contributed by atoms with Crippen molar-refractivity contribution in [1.82, 2.24) is 14.9 Å². The van der Waals surface area contributed by atoms with Gasteiger partial charge in [-0.3, -0.25) is 9.69 Å². The fraction of sp³-hybridized carbons (Fsp3) is 0.545. The summed E-state index contributed by atoms with van der Waals surface area (Å²) in [6.07, 6.45) is -2.64. The third-order valence-electron chi connectivity index (χ3n) is 2.92. The van der Waals surface area contributed by atoms with Crippen LogP contribution in [-0.4, -0.2) is 47.1 Å². The van der Waals surface area contributed by atoms with E-state index >= 15 is 0 Å². The van der Waals surface area contributed by atoms with Crippen molar-refractivity contribution in [3.8, 4) is 0 Å². The van der Waals surface area contributed by atoms with Gasteiger partial charge in [-0.25, -0.2) is 9.97 Å². The van der Waals surface area contributed by atoms with E-state index in [-0.39, 0.29) is 5.56 Å². The fourth-order valence-electron chi connectivity index (χ4n) is 2.02. The van der Waals surface area contributed by atoms with Crippen LogP contribution >= 0.6 is 0 Å². The number of primary amides is 1. The van der Waals surface area contributed by atoms with Gasteiger partial charge in [-0.1, -0.05) is 0 Å². The third kappa shape index (κ3) is 3.23. The average Bonchev–Trinajstić information content (AvgIpc) is 2.39. The van der Waals surface area contributed by atoms with Crippen LogP contribution in [0.3, 0.4) is 0 Å². The molecular formula is C11H13F3N4O2. The predicted molar refractivity (Wildman–Crippen MR) is 61.4 cm³/mol. The smallest absolute Gasteiger partial charge is 0.379 e. The summed E-state index contributed by atoms with van der Waals surface area (Å²) in [4.78, 5) is 19.8. The average molecular weight is 290 g/mol. The van der Waals surface area contributed by atoms with Gasteiger partial charge in [0.25, 0.3) is 0 Å². The number of halogens is 3. The molecule has 0 unspecified atom stereocenters. The molecule has 2 N–H and O–H groups in total. The van der Waals surface area contributed by atoms with Crippen LogP contribution in [0.5, 0.6) is 0 Å². The summed E-state index contributed by atoms with van der Waals surface area (Å²) in [6.45, 7) is 1.81. The highest BCUT2D eigenvalue weighted by atomic mass is 19.4. The number of hydrogen-bond donors (Lipinski definition) is 1. The Morgan fingerprint density at radius 1 is 1.30 bits per heavy atom. The summed E-state index contributed by atoms with van der Waals surface area (Å²) in [6, 6.07) is -0.846. The molecule has 2 heterocycles. The van der Waals surface area contributed by atoms with Gasteiger partial charge in [0.05, 0.1) is 13.2 Å². The van der Waals surface area contributed by atoms with Gasteiger partial charge in [0.1, 0.15) is 6.04 Å². The number of rotatable bonds is 3. The molecule has 110 valence electrons. The minimum atomic E-state index is -4.61. The second kappa shape index (κ2) is 5.71. The molecule has 1 fully saturated rings. The molecule has 2 rings (SSSR count). The van der Waals surface area contributed by atoms with E-state index < -0.39 is 23.9 Å². The first kappa shape index (κ1) is 14.7. The molecule has 20 heavy (non-hydrogen) atoms. The summed E-state index contributed by atoms with van der Waals surface area (Å²) >= 11 is 0. The Bertz CT molecular complexity index is 472. The molecule has 1 aromatic heterocycles.